The third-order valence-corrected chi connectivity index (χ3v) is 4.99. The first-order valence-corrected chi connectivity index (χ1v) is 9.90. The number of hydrogen-bond acceptors (Lipinski definition) is 2. The molecule has 0 amide bonds. The Balaban J connectivity index is 0.00000171. The summed E-state index contributed by atoms with van der Waals surface area (Å²) in [6.07, 6.45) is 1.82. The van der Waals surface area contributed by atoms with Crippen molar-refractivity contribution in [2.75, 3.05) is 0 Å². The second-order valence-corrected chi connectivity index (χ2v) is 8.26. The summed E-state index contributed by atoms with van der Waals surface area (Å²) in [6, 6.07) is 33.4. The van der Waals surface area contributed by atoms with Crippen LogP contribution in [0.4, 0.5) is 0 Å². The van der Waals surface area contributed by atoms with E-state index in [9.17, 15) is 0 Å². The molecule has 3 heteroatoms. The molecule has 0 aliphatic heterocycles. The molecule has 31 heavy (non-hydrogen) atoms. The number of rotatable bonds is 4. The quantitative estimate of drug-likeness (QED) is 0.219. The Morgan fingerprint density at radius 2 is 1.48 bits per heavy atom. The average molecular weight is 499 g/mol. The number of pyridine rings is 2. The molecule has 1 unspecified atom stereocenters. The Bertz CT molecular complexity index is 1000. The Morgan fingerprint density at radius 1 is 0.774 bits per heavy atom. The smallest absolute Gasteiger partial charge is 0.305 e. The third-order valence-electron chi connectivity index (χ3n) is 4.99. The first kappa shape index (κ1) is 24.7. The van der Waals surface area contributed by atoms with Gasteiger partial charge in [-0.1, -0.05) is 52.5 Å². The first-order valence-electron chi connectivity index (χ1n) is 9.90. The molecule has 0 saturated carbocycles. The Labute approximate surface area is 200 Å². The maximum atomic E-state index is 5.02. The van der Waals surface area contributed by atoms with Gasteiger partial charge < -0.3 is 9.97 Å². The van der Waals surface area contributed by atoms with Gasteiger partial charge in [-0.25, -0.2) is 0 Å². The summed E-state index contributed by atoms with van der Waals surface area (Å²) >= 11 is 0. The van der Waals surface area contributed by atoms with Crippen LogP contribution in [-0.2, 0) is 20.4 Å². The molecule has 0 saturated heterocycles. The molecule has 0 radical (unpaired) electrons. The topological polar surface area (TPSA) is 25.8 Å². The standard InChI is InChI=1S/C27H24N2.CH4.Pd/c1-27(2,3)26(22-14-9-13-21(19-22)23-15-7-8-18-28-23)25-17-10-16-24(29-25)20-11-5-4-6-12-20;;/h4-11,13-18,26H,1-3H3;1H4;/q-2;;+2. The predicted molar refractivity (Wildman–Crippen MR) is 125 cm³/mol. The summed E-state index contributed by atoms with van der Waals surface area (Å²) in [5.74, 6) is 0.106. The number of hydrogen-bond donors (Lipinski definition) is 0. The third kappa shape index (κ3) is 5.76. The van der Waals surface area contributed by atoms with Crippen molar-refractivity contribution in [3.63, 3.8) is 0 Å². The van der Waals surface area contributed by atoms with Crippen LogP contribution < -0.4 is 0 Å². The van der Waals surface area contributed by atoms with Crippen LogP contribution >= 0.6 is 0 Å². The summed E-state index contributed by atoms with van der Waals surface area (Å²) in [7, 11) is 0. The number of nitrogens with zero attached hydrogens (tertiary/aromatic N) is 2. The summed E-state index contributed by atoms with van der Waals surface area (Å²) in [5, 5.41) is 0. The van der Waals surface area contributed by atoms with Gasteiger partial charge in [-0.3, -0.25) is 0 Å². The molecule has 0 aliphatic rings. The van der Waals surface area contributed by atoms with Crippen LogP contribution in [0.3, 0.4) is 0 Å². The monoisotopic (exact) mass is 498 g/mol. The van der Waals surface area contributed by atoms with Crippen LogP contribution in [0, 0.1) is 17.5 Å². The number of benzene rings is 2. The minimum atomic E-state index is -0.0226. The van der Waals surface area contributed by atoms with Crippen LogP contribution in [0.2, 0.25) is 0 Å². The summed E-state index contributed by atoms with van der Waals surface area (Å²) in [4.78, 5) is 9.51. The largest absolute Gasteiger partial charge is 2.00 e. The van der Waals surface area contributed by atoms with E-state index in [4.69, 9.17) is 4.98 Å². The van der Waals surface area contributed by atoms with Crippen LogP contribution in [0.15, 0.2) is 85.1 Å². The van der Waals surface area contributed by atoms with Gasteiger partial charge >= 0.3 is 20.4 Å². The van der Waals surface area contributed by atoms with E-state index in [1.165, 1.54) is 0 Å². The Kier molecular flexibility index (Phi) is 8.45. The second kappa shape index (κ2) is 10.6. The minimum Gasteiger partial charge on any atom is -0.305 e. The van der Waals surface area contributed by atoms with E-state index in [0.29, 0.717) is 0 Å². The summed E-state index contributed by atoms with van der Waals surface area (Å²) in [6.45, 7) is 6.76. The van der Waals surface area contributed by atoms with E-state index in [2.05, 4.69) is 68.2 Å². The molecule has 2 heterocycles. The molecular formula is C28H28N2Pd. The van der Waals surface area contributed by atoms with Crippen molar-refractivity contribution in [2.24, 2.45) is 5.41 Å². The fourth-order valence-corrected chi connectivity index (χ4v) is 3.71. The predicted octanol–water partition coefficient (Wildman–Crippen LogP) is 7.22. The zero-order valence-electron chi connectivity index (χ0n) is 17.4. The van der Waals surface area contributed by atoms with Crippen molar-refractivity contribution in [1.29, 1.82) is 0 Å². The summed E-state index contributed by atoms with van der Waals surface area (Å²) in [5.41, 5.74) is 6.04. The zero-order valence-corrected chi connectivity index (χ0v) is 18.9. The second-order valence-electron chi connectivity index (χ2n) is 8.26. The first-order chi connectivity index (χ1) is 14.0. The maximum absolute atomic E-state index is 5.02. The molecule has 160 valence electrons. The van der Waals surface area contributed by atoms with Crippen molar-refractivity contribution in [1.82, 2.24) is 9.97 Å². The molecule has 2 nitrogen and oxygen atoms in total. The molecule has 0 bridgehead atoms. The molecule has 0 fully saturated rings. The van der Waals surface area contributed by atoms with Gasteiger partial charge in [-0.2, -0.15) is 0 Å². The van der Waals surface area contributed by atoms with Gasteiger partial charge in [-0.15, -0.1) is 71.3 Å². The minimum absolute atomic E-state index is 0. The van der Waals surface area contributed by atoms with Gasteiger partial charge in [-0.05, 0) is 28.9 Å². The van der Waals surface area contributed by atoms with Crippen LogP contribution in [0.5, 0.6) is 0 Å². The fraction of sp³-hybridized carbons (Fsp3) is 0.214. The average Bonchev–Trinajstić information content (AvgIpc) is 2.75. The Morgan fingerprint density at radius 3 is 2.16 bits per heavy atom. The molecule has 0 N–H and O–H groups in total. The van der Waals surface area contributed by atoms with Crippen molar-refractivity contribution in [3.05, 3.63) is 108 Å². The molecule has 0 aliphatic carbocycles. The van der Waals surface area contributed by atoms with Crippen molar-refractivity contribution in [2.45, 2.75) is 34.1 Å². The Hall–Kier alpha value is -2.60. The number of aromatic nitrogens is 2. The zero-order chi connectivity index (χ0) is 20.3. The molecule has 2 aromatic heterocycles. The van der Waals surface area contributed by atoms with Crippen LogP contribution in [-0.4, -0.2) is 9.97 Å². The van der Waals surface area contributed by atoms with Crippen molar-refractivity contribution < 1.29 is 20.4 Å². The fourth-order valence-electron chi connectivity index (χ4n) is 3.71. The van der Waals surface area contributed by atoms with Gasteiger partial charge in [0.1, 0.15) is 0 Å². The van der Waals surface area contributed by atoms with E-state index in [0.717, 1.165) is 33.8 Å². The van der Waals surface area contributed by atoms with Crippen LogP contribution in [0.1, 0.15) is 45.4 Å². The van der Waals surface area contributed by atoms with E-state index < -0.39 is 0 Å². The summed E-state index contributed by atoms with van der Waals surface area (Å²) < 4.78 is 0. The van der Waals surface area contributed by atoms with Gasteiger partial charge in [0.25, 0.3) is 0 Å². The van der Waals surface area contributed by atoms with Crippen molar-refractivity contribution in [3.8, 4) is 22.5 Å². The van der Waals surface area contributed by atoms with Gasteiger partial charge in [0.15, 0.2) is 0 Å². The molecule has 2 aromatic carbocycles. The van der Waals surface area contributed by atoms with E-state index in [1.54, 1.807) is 0 Å². The van der Waals surface area contributed by atoms with Gasteiger partial charge in [0.2, 0.25) is 0 Å². The molecule has 4 rings (SSSR count). The molecule has 1 atom stereocenters. The van der Waals surface area contributed by atoms with Gasteiger partial charge in [0.05, 0.1) is 0 Å². The maximum Gasteiger partial charge on any atom is 2.00 e. The van der Waals surface area contributed by atoms with E-state index >= 15 is 0 Å². The SMILES string of the molecule is C.CC(C)(C)C(c1[c-]c(-c2ccccn2)ccc1)c1cccc(-c2[c-]cccc2)n1.[Pd+2]. The van der Waals surface area contributed by atoms with E-state index in [-0.39, 0.29) is 39.2 Å². The van der Waals surface area contributed by atoms with Crippen molar-refractivity contribution >= 4 is 0 Å². The molecular weight excluding hydrogens is 471 g/mol. The van der Waals surface area contributed by atoms with E-state index in [1.807, 2.05) is 54.7 Å². The molecule has 4 aromatic rings. The molecule has 0 spiro atoms. The normalized spacial score (nSPS) is 11.7. The van der Waals surface area contributed by atoms with Crippen LogP contribution in [0.25, 0.3) is 22.5 Å². The van der Waals surface area contributed by atoms with Gasteiger partial charge in [0, 0.05) is 17.8 Å².